The van der Waals surface area contributed by atoms with Gasteiger partial charge in [0.05, 0.1) is 0 Å². The molecule has 1 aliphatic carbocycles. The molecule has 2 rings (SSSR count). The lowest BCUT2D eigenvalue weighted by Gasteiger charge is -2.18. The van der Waals surface area contributed by atoms with Gasteiger partial charge in [-0.2, -0.15) is 13.2 Å². The molecule has 1 heterocycles. The Morgan fingerprint density at radius 2 is 1.94 bits per heavy atom. The topological polar surface area (TPSA) is 17.8 Å². The Labute approximate surface area is 93.5 Å². The van der Waals surface area contributed by atoms with Gasteiger partial charge in [-0.3, -0.25) is 0 Å². The van der Waals surface area contributed by atoms with Crippen molar-refractivity contribution in [2.75, 3.05) is 0 Å². The monoisotopic (exact) mass is 234 g/mol. The second kappa shape index (κ2) is 4.47. The Bertz CT molecular complexity index is 337. The van der Waals surface area contributed by atoms with Gasteiger partial charge in [0.2, 0.25) is 5.82 Å². The van der Waals surface area contributed by atoms with Crippen LogP contribution in [0.4, 0.5) is 13.2 Å². The lowest BCUT2D eigenvalue weighted by atomic mass is 10.2. The van der Waals surface area contributed by atoms with Gasteiger partial charge in [-0.15, -0.1) is 0 Å². The van der Waals surface area contributed by atoms with E-state index >= 15 is 0 Å². The summed E-state index contributed by atoms with van der Waals surface area (Å²) in [5, 5.41) is 0. The van der Waals surface area contributed by atoms with Crippen molar-refractivity contribution < 1.29 is 13.2 Å². The summed E-state index contributed by atoms with van der Waals surface area (Å²) in [5.41, 5.74) is -0.304. The van der Waals surface area contributed by atoms with Crippen LogP contribution >= 0.6 is 0 Å². The van der Waals surface area contributed by atoms with E-state index in [9.17, 15) is 13.2 Å². The van der Waals surface area contributed by atoms with E-state index in [2.05, 4.69) is 4.98 Å². The summed E-state index contributed by atoms with van der Waals surface area (Å²) in [6, 6.07) is 0. The molecule has 1 fully saturated rings. The van der Waals surface area contributed by atoms with Gasteiger partial charge < -0.3 is 4.57 Å². The zero-order valence-electron chi connectivity index (χ0n) is 9.80. The van der Waals surface area contributed by atoms with Crippen LogP contribution in [-0.4, -0.2) is 9.55 Å². The highest BCUT2D eigenvalue weighted by atomic mass is 19.4. The van der Waals surface area contributed by atoms with Crippen LogP contribution in [0.1, 0.15) is 45.9 Å². The first-order valence-electron chi connectivity index (χ1n) is 5.61. The summed E-state index contributed by atoms with van der Waals surface area (Å²) in [4.78, 5) is 3.38. The summed E-state index contributed by atoms with van der Waals surface area (Å²) >= 11 is 0. The molecule has 1 saturated carbocycles. The Morgan fingerprint density at radius 3 is 2.31 bits per heavy atom. The third kappa shape index (κ3) is 2.23. The molecule has 5 heteroatoms. The van der Waals surface area contributed by atoms with E-state index in [1.54, 1.807) is 0 Å². The number of hydrogen-bond donors (Lipinski definition) is 0. The molecule has 0 aromatic carbocycles. The van der Waals surface area contributed by atoms with Crippen molar-refractivity contribution in [1.29, 1.82) is 0 Å². The van der Waals surface area contributed by atoms with Gasteiger partial charge in [-0.05, 0) is 19.3 Å². The predicted molar refractivity (Wildman–Crippen MR) is 56.1 cm³/mol. The predicted octanol–water partition coefficient (Wildman–Crippen LogP) is 3.83. The average molecular weight is 234 g/mol. The fourth-order valence-corrected chi connectivity index (χ4v) is 1.81. The number of nitrogens with zero attached hydrogens (tertiary/aromatic N) is 2. The van der Waals surface area contributed by atoms with Crippen molar-refractivity contribution >= 4 is 0 Å². The van der Waals surface area contributed by atoms with Gasteiger partial charge >= 0.3 is 6.18 Å². The molecule has 0 unspecified atom stereocenters. The number of alkyl halides is 3. The number of halogens is 3. The van der Waals surface area contributed by atoms with E-state index in [1.165, 1.54) is 17.0 Å². The zero-order chi connectivity index (χ0) is 12.4. The molecule has 0 N–H and O–H groups in total. The molecular weight excluding hydrogens is 217 g/mol. The quantitative estimate of drug-likeness (QED) is 0.760. The molecule has 92 valence electrons. The molecule has 0 atom stereocenters. The highest BCUT2D eigenvalue weighted by Crippen LogP contribution is 2.48. The van der Waals surface area contributed by atoms with Crippen molar-refractivity contribution in [3.8, 4) is 0 Å². The molecule has 1 aliphatic rings. The van der Waals surface area contributed by atoms with Crippen molar-refractivity contribution in [2.24, 2.45) is 0 Å². The molecule has 1 aromatic rings. The molecule has 0 amide bonds. The van der Waals surface area contributed by atoms with E-state index in [4.69, 9.17) is 0 Å². The average Bonchev–Trinajstić information content (AvgIpc) is 2.88. The van der Waals surface area contributed by atoms with E-state index in [1.807, 2.05) is 20.8 Å². The molecule has 1 aromatic heterocycles. The SMILES string of the molecule is CC.CCC1(n2ccnc2C(F)(F)F)CC1. The summed E-state index contributed by atoms with van der Waals surface area (Å²) in [6.45, 7) is 5.91. The fourth-order valence-electron chi connectivity index (χ4n) is 1.81. The standard InChI is InChI=1S/C9H11F3N2.C2H6/c1-2-8(3-4-8)14-6-5-13-7(14)9(10,11)12;1-2/h5-6H,2-4H2,1H3;1-2H3. The van der Waals surface area contributed by atoms with Gasteiger partial charge in [-0.25, -0.2) is 4.98 Å². The lowest BCUT2D eigenvalue weighted by Crippen LogP contribution is -2.23. The molecule has 2 nitrogen and oxygen atoms in total. The maximum Gasteiger partial charge on any atom is 0.449 e. The molecular formula is C11H17F3N2. The smallest absolute Gasteiger partial charge is 0.321 e. The second-order valence-electron chi connectivity index (χ2n) is 3.70. The molecule has 0 spiro atoms. The maximum atomic E-state index is 12.5. The second-order valence-corrected chi connectivity index (χ2v) is 3.70. The normalized spacial score (nSPS) is 17.6. The van der Waals surface area contributed by atoms with E-state index < -0.39 is 12.0 Å². The summed E-state index contributed by atoms with van der Waals surface area (Å²) in [7, 11) is 0. The van der Waals surface area contributed by atoms with E-state index in [0.717, 1.165) is 19.3 Å². The number of aromatic nitrogens is 2. The highest BCUT2D eigenvalue weighted by Gasteiger charge is 2.48. The van der Waals surface area contributed by atoms with Crippen LogP contribution in [0.2, 0.25) is 0 Å². The fraction of sp³-hybridized carbons (Fsp3) is 0.727. The van der Waals surface area contributed by atoms with Crippen LogP contribution in [0, 0.1) is 0 Å². The first-order valence-corrected chi connectivity index (χ1v) is 5.61. The minimum absolute atomic E-state index is 0.304. The van der Waals surface area contributed by atoms with E-state index in [0.29, 0.717) is 0 Å². The van der Waals surface area contributed by atoms with Crippen LogP contribution in [0.15, 0.2) is 12.4 Å². The molecule has 0 bridgehead atoms. The van der Waals surface area contributed by atoms with Crippen molar-refractivity contribution in [1.82, 2.24) is 9.55 Å². The first-order chi connectivity index (χ1) is 7.49. The minimum atomic E-state index is -4.34. The van der Waals surface area contributed by atoms with Crippen LogP contribution in [0.5, 0.6) is 0 Å². The molecule has 0 saturated heterocycles. The molecule has 0 radical (unpaired) electrons. The Balaban J connectivity index is 0.000000606. The number of rotatable bonds is 2. The van der Waals surface area contributed by atoms with Gasteiger partial charge in [0.1, 0.15) is 0 Å². The van der Waals surface area contributed by atoms with Crippen molar-refractivity contribution in [2.45, 2.75) is 51.7 Å². The third-order valence-electron chi connectivity index (χ3n) is 2.89. The lowest BCUT2D eigenvalue weighted by molar-refractivity contribution is -0.148. The Hall–Kier alpha value is -1.00. The third-order valence-corrected chi connectivity index (χ3v) is 2.89. The largest absolute Gasteiger partial charge is 0.449 e. The van der Waals surface area contributed by atoms with Gasteiger partial charge in [0.25, 0.3) is 0 Å². The van der Waals surface area contributed by atoms with Crippen molar-refractivity contribution in [3.63, 3.8) is 0 Å². The molecule has 16 heavy (non-hydrogen) atoms. The van der Waals surface area contributed by atoms with Gasteiger partial charge in [-0.1, -0.05) is 20.8 Å². The van der Waals surface area contributed by atoms with Crippen molar-refractivity contribution in [3.05, 3.63) is 18.2 Å². The summed E-state index contributed by atoms with van der Waals surface area (Å²) in [5.74, 6) is -0.767. The van der Waals surface area contributed by atoms with Gasteiger partial charge in [0, 0.05) is 17.9 Å². The number of hydrogen-bond acceptors (Lipinski definition) is 1. The van der Waals surface area contributed by atoms with Crippen LogP contribution in [-0.2, 0) is 11.7 Å². The summed E-state index contributed by atoms with van der Waals surface area (Å²) in [6.07, 6.45) is 0.685. The highest BCUT2D eigenvalue weighted by molar-refractivity contribution is 5.09. The number of imidazole rings is 1. The van der Waals surface area contributed by atoms with Crippen LogP contribution < -0.4 is 0 Å². The Kier molecular flexibility index (Phi) is 3.65. The molecule has 0 aliphatic heterocycles. The zero-order valence-corrected chi connectivity index (χ0v) is 9.80. The summed E-state index contributed by atoms with van der Waals surface area (Å²) < 4.78 is 38.8. The Morgan fingerprint density at radius 1 is 1.38 bits per heavy atom. The first kappa shape index (κ1) is 13.1. The van der Waals surface area contributed by atoms with E-state index in [-0.39, 0.29) is 5.54 Å². The minimum Gasteiger partial charge on any atom is -0.321 e. The van der Waals surface area contributed by atoms with Crippen LogP contribution in [0.25, 0.3) is 0 Å². The van der Waals surface area contributed by atoms with Crippen LogP contribution in [0.3, 0.4) is 0 Å². The van der Waals surface area contributed by atoms with Gasteiger partial charge in [0.15, 0.2) is 0 Å². The maximum absolute atomic E-state index is 12.5.